The van der Waals surface area contributed by atoms with E-state index in [0.29, 0.717) is 17.8 Å². The molecule has 0 atom stereocenters. The summed E-state index contributed by atoms with van der Waals surface area (Å²) in [6, 6.07) is 11.5. The van der Waals surface area contributed by atoms with E-state index in [1.165, 1.54) is 6.20 Å². The molecule has 1 aromatic heterocycles. The van der Waals surface area contributed by atoms with E-state index < -0.39 is 0 Å². The predicted octanol–water partition coefficient (Wildman–Crippen LogP) is 1.64. The molecule has 5 heteroatoms. The van der Waals surface area contributed by atoms with Crippen LogP contribution in [0.15, 0.2) is 48.8 Å². The molecule has 0 unspecified atom stereocenters. The lowest BCUT2D eigenvalue weighted by molar-refractivity contribution is 0.0786. The number of nitrogens with zero attached hydrogens (tertiary/aromatic N) is 2. The molecule has 0 spiro atoms. The minimum atomic E-state index is -0.0980. The van der Waals surface area contributed by atoms with Crippen molar-refractivity contribution < 1.29 is 4.79 Å². The number of hydrogen-bond donors (Lipinski definition) is 2. The van der Waals surface area contributed by atoms with Gasteiger partial charge in [0, 0.05) is 19.8 Å². The number of aromatic nitrogens is 1. The van der Waals surface area contributed by atoms with Crippen LogP contribution in [0, 0.1) is 0 Å². The molecule has 0 bridgehead atoms. The molecule has 0 aliphatic carbocycles. The highest BCUT2D eigenvalue weighted by molar-refractivity contribution is 5.99. The van der Waals surface area contributed by atoms with Gasteiger partial charge in [0.15, 0.2) is 0 Å². The molecular formula is C14H16N4O. The van der Waals surface area contributed by atoms with Gasteiger partial charge < -0.3 is 10.3 Å². The smallest absolute Gasteiger partial charge is 0.256 e. The predicted molar refractivity (Wildman–Crippen MR) is 74.3 cm³/mol. The highest BCUT2D eigenvalue weighted by Gasteiger charge is 2.15. The number of carbonyl (C=O) groups excluding carboxylic acids is 1. The molecule has 0 saturated heterocycles. The molecule has 98 valence electrons. The van der Waals surface area contributed by atoms with Gasteiger partial charge in [-0.2, -0.15) is 0 Å². The number of amides is 1. The van der Waals surface area contributed by atoms with E-state index in [0.717, 1.165) is 5.56 Å². The lowest BCUT2D eigenvalue weighted by Crippen LogP contribution is -2.27. The summed E-state index contributed by atoms with van der Waals surface area (Å²) in [6.45, 7) is 0.548. The second kappa shape index (κ2) is 5.97. The summed E-state index contributed by atoms with van der Waals surface area (Å²) < 4.78 is 0. The number of carbonyl (C=O) groups is 1. The zero-order chi connectivity index (χ0) is 13.7. The van der Waals surface area contributed by atoms with Gasteiger partial charge in [-0.3, -0.25) is 15.6 Å². The van der Waals surface area contributed by atoms with E-state index in [1.807, 2.05) is 30.3 Å². The second-order valence-corrected chi connectivity index (χ2v) is 4.21. The minimum Gasteiger partial charge on any atom is -0.337 e. The molecule has 2 aromatic rings. The molecule has 19 heavy (non-hydrogen) atoms. The Morgan fingerprint density at radius 2 is 2.05 bits per heavy atom. The Bertz CT molecular complexity index is 556. The Morgan fingerprint density at radius 1 is 1.32 bits per heavy atom. The van der Waals surface area contributed by atoms with Crippen molar-refractivity contribution in [3.8, 4) is 0 Å². The Labute approximate surface area is 112 Å². The first-order chi connectivity index (χ1) is 9.22. The van der Waals surface area contributed by atoms with Crippen molar-refractivity contribution in [2.75, 3.05) is 12.5 Å². The third-order valence-electron chi connectivity index (χ3n) is 2.82. The van der Waals surface area contributed by atoms with Crippen LogP contribution in [0.4, 0.5) is 5.69 Å². The Morgan fingerprint density at radius 3 is 2.74 bits per heavy atom. The average molecular weight is 256 g/mol. The van der Waals surface area contributed by atoms with Crippen molar-refractivity contribution in [1.82, 2.24) is 9.88 Å². The van der Waals surface area contributed by atoms with Crippen LogP contribution < -0.4 is 11.3 Å². The number of rotatable bonds is 4. The zero-order valence-electron chi connectivity index (χ0n) is 10.7. The van der Waals surface area contributed by atoms with Crippen LogP contribution in [0.5, 0.6) is 0 Å². The Balaban J connectivity index is 2.15. The van der Waals surface area contributed by atoms with E-state index in [1.54, 1.807) is 24.2 Å². The Kier molecular flexibility index (Phi) is 4.10. The van der Waals surface area contributed by atoms with Gasteiger partial charge >= 0.3 is 0 Å². The summed E-state index contributed by atoms with van der Waals surface area (Å²) in [5.41, 5.74) is 4.59. The molecular weight excluding hydrogens is 240 g/mol. The molecule has 3 N–H and O–H groups in total. The summed E-state index contributed by atoms with van der Waals surface area (Å²) in [4.78, 5) is 17.9. The summed E-state index contributed by atoms with van der Waals surface area (Å²) in [5, 5.41) is 0. The summed E-state index contributed by atoms with van der Waals surface area (Å²) in [5.74, 6) is 5.28. The lowest BCUT2D eigenvalue weighted by atomic mass is 10.1. The normalized spacial score (nSPS) is 10.0. The molecule has 0 saturated carbocycles. The van der Waals surface area contributed by atoms with E-state index >= 15 is 0 Å². The summed E-state index contributed by atoms with van der Waals surface area (Å²) >= 11 is 0. The van der Waals surface area contributed by atoms with Crippen molar-refractivity contribution in [3.63, 3.8) is 0 Å². The van der Waals surface area contributed by atoms with Crippen LogP contribution in [0.25, 0.3) is 0 Å². The SMILES string of the molecule is CN(Cc1ccccc1)C(=O)c1ccncc1NN. The highest BCUT2D eigenvalue weighted by Crippen LogP contribution is 2.15. The fraction of sp³-hybridized carbons (Fsp3) is 0.143. The highest BCUT2D eigenvalue weighted by atomic mass is 16.2. The zero-order valence-corrected chi connectivity index (χ0v) is 10.7. The first-order valence-corrected chi connectivity index (χ1v) is 5.92. The maximum absolute atomic E-state index is 12.3. The molecule has 0 radical (unpaired) electrons. The largest absolute Gasteiger partial charge is 0.337 e. The number of pyridine rings is 1. The maximum Gasteiger partial charge on any atom is 0.256 e. The van der Waals surface area contributed by atoms with Gasteiger partial charge in [-0.25, -0.2) is 0 Å². The van der Waals surface area contributed by atoms with E-state index in [4.69, 9.17) is 5.84 Å². The monoisotopic (exact) mass is 256 g/mol. The molecule has 5 nitrogen and oxygen atoms in total. The van der Waals surface area contributed by atoms with Crippen LogP contribution in [0.1, 0.15) is 15.9 Å². The van der Waals surface area contributed by atoms with Gasteiger partial charge in [-0.05, 0) is 11.6 Å². The second-order valence-electron chi connectivity index (χ2n) is 4.21. The maximum atomic E-state index is 12.3. The van der Waals surface area contributed by atoms with Crippen molar-refractivity contribution in [1.29, 1.82) is 0 Å². The van der Waals surface area contributed by atoms with Crippen LogP contribution in [-0.2, 0) is 6.54 Å². The molecule has 0 fully saturated rings. The van der Waals surface area contributed by atoms with E-state index in [9.17, 15) is 4.79 Å². The van der Waals surface area contributed by atoms with Crippen molar-refractivity contribution in [2.45, 2.75) is 6.54 Å². The molecule has 0 aliphatic heterocycles. The first-order valence-electron chi connectivity index (χ1n) is 5.92. The minimum absolute atomic E-state index is 0.0980. The third-order valence-corrected chi connectivity index (χ3v) is 2.82. The Hall–Kier alpha value is -2.40. The molecule has 2 rings (SSSR count). The summed E-state index contributed by atoms with van der Waals surface area (Å²) in [7, 11) is 1.76. The van der Waals surface area contributed by atoms with E-state index in [2.05, 4.69) is 10.4 Å². The van der Waals surface area contributed by atoms with Crippen LogP contribution in [0.2, 0.25) is 0 Å². The van der Waals surface area contributed by atoms with Gasteiger partial charge in [0.2, 0.25) is 0 Å². The summed E-state index contributed by atoms with van der Waals surface area (Å²) in [6.07, 6.45) is 3.11. The number of anilines is 1. The van der Waals surface area contributed by atoms with E-state index in [-0.39, 0.29) is 5.91 Å². The van der Waals surface area contributed by atoms with Crippen molar-refractivity contribution >= 4 is 11.6 Å². The molecule has 1 heterocycles. The fourth-order valence-corrected chi connectivity index (χ4v) is 1.83. The van der Waals surface area contributed by atoms with Gasteiger partial charge in [0.25, 0.3) is 5.91 Å². The topological polar surface area (TPSA) is 71.2 Å². The number of nitrogens with one attached hydrogen (secondary N) is 1. The number of hydrazine groups is 1. The number of nitrogen functional groups attached to an aromatic ring is 1. The molecule has 1 aromatic carbocycles. The van der Waals surface area contributed by atoms with Gasteiger partial charge in [-0.15, -0.1) is 0 Å². The fourth-order valence-electron chi connectivity index (χ4n) is 1.83. The quantitative estimate of drug-likeness (QED) is 0.644. The molecule has 0 aliphatic rings. The lowest BCUT2D eigenvalue weighted by Gasteiger charge is -2.18. The third kappa shape index (κ3) is 3.08. The van der Waals surface area contributed by atoms with Crippen LogP contribution in [-0.4, -0.2) is 22.8 Å². The van der Waals surface area contributed by atoms with Crippen molar-refractivity contribution in [2.24, 2.45) is 5.84 Å². The number of hydrogen-bond acceptors (Lipinski definition) is 4. The standard InChI is InChI=1S/C14H16N4O/c1-18(10-11-5-3-2-4-6-11)14(19)12-7-8-16-9-13(12)17-15/h2-9,17H,10,15H2,1H3. The van der Waals surface area contributed by atoms with Gasteiger partial charge in [0.1, 0.15) is 0 Å². The van der Waals surface area contributed by atoms with Gasteiger partial charge in [-0.1, -0.05) is 30.3 Å². The van der Waals surface area contributed by atoms with Gasteiger partial charge in [0.05, 0.1) is 17.4 Å². The number of benzene rings is 1. The average Bonchev–Trinajstić information content (AvgIpc) is 2.47. The first kappa shape index (κ1) is 13.0. The van der Waals surface area contributed by atoms with Crippen LogP contribution >= 0.6 is 0 Å². The van der Waals surface area contributed by atoms with Crippen molar-refractivity contribution in [3.05, 3.63) is 59.9 Å². The molecule has 1 amide bonds. The number of nitrogens with two attached hydrogens (primary N) is 1. The van der Waals surface area contributed by atoms with Crippen LogP contribution in [0.3, 0.4) is 0 Å².